The molecule has 0 unspecified atom stereocenters. The van der Waals surface area contributed by atoms with Crippen LogP contribution in [0.4, 0.5) is 0 Å². The topological polar surface area (TPSA) is 66.7 Å². The fourth-order valence-electron chi connectivity index (χ4n) is 3.01. The molecule has 26 heavy (non-hydrogen) atoms. The fourth-order valence-corrected chi connectivity index (χ4v) is 3.80. The zero-order valence-electron chi connectivity index (χ0n) is 14.0. The van der Waals surface area contributed by atoms with Gasteiger partial charge in [-0.25, -0.2) is 4.98 Å². The molecule has 3 aromatic rings. The van der Waals surface area contributed by atoms with Crippen molar-refractivity contribution in [2.45, 2.75) is 0 Å². The van der Waals surface area contributed by atoms with E-state index in [4.69, 9.17) is 4.42 Å². The molecule has 0 bridgehead atoms. The Kier molecular flexibility index (Phi) is 4.53. The second-order valence-electron chi connectivity index (χ2n) is 5.96. The molecule has 0 spiro atoms. The molecule has 2 amide bonds. The lowest BCUT2D eigenvalue weighted by molar-refractivity contribution is 0.0516. The van der Waals surface area contributed by atoms with Gasteiger partial charge in [-0.05, 0) is 17.7 Å². The third-order valence-corrected chi connectivity index (χ3v) is 5.27. The molecule has 1 aliphatic rings. The highest BCUT2D eigenvalue weighted by molar-refractivity contribution is 7.13. The highest BCUT2D eigenvalue weighted by atomic mass is 32.1. The van der Waals surface area contributed by atoms with E-state index in [1.54, 1.807) is 27.4 Å². The number of amides is 2. The van der Waals surface area contributed by atoms with Gasteiger partial charge in [0.15, 0.2) is 5.76 Å². The molecule has 1 aromatic carbocycles. The van der Waals surface area contributed by atoms with Crippen molar-refractivity contribution in [2.75, 3.05) is 26.2 Å². The lowest BCUT2D eigenvalue weighted by Gasteiger charge is -2.34. The van der Waals surface area contributed by atoms with Crippen LogP contribution < -0.4 is 0 Å². The summed E-state index contributed by atoms with van der Waals surface area (Å²) in [6, 6.07) is 13.1. The number of piperazine rings is 1. The molecule has 4 rings (SSSR count). The summed E-state index contributed by atoms with van der Waals surface area (Å²) in [5.41, 5.74) is 3.17. The van der Waals surface area contributed by atoms with Crippen LogP contribution in [0.2, 0.25) is 0 Å². The van der Waals surface area contributed by atoms with Gasteiger partial charge < -0.3 is 14.2 Å². The van der Waals surface area contributed by atoms with Crippen LogP contribution >= 0.6 is 11.3 Å². The number of hydrogen-bond acceptors (Lipinski definition) is 5. The van der Waals surface area contributed by atoms with E-state index in [2.05, 4.69) is 4.98 Å². The van der Waals surface area contributed by atoms with Crippen molar-refractivity contribution in [3.8, 4) is 10.4 Å². The fraction of sp³-hybridized carbons (Fsp3) is 0.211. The number of thiazole rings is 1. The molecule has 3 heterocycles. The minimum absolute atomic E-state index is 0.0878. The number of benzene rings is 1. The Hall–Kier alpha value is -2.93. The van der Waals surface area contributed by atoms with E-state index in [9.17, 15) is 9.59 Å². The van der Waals surface area contributed by atoms with E-state index in [0.29, 0.717) is 37.6 Å². The molecule has 1 saturated heterocycles. The maximum atomic E-state index is 12.9. The second-order valence-corrected chi connectivity index (χ2v) is 6.81. The molecular weight excluding hydrogens is 350 g/mol. The molecular formula is C19H17N3O3S. The second kappa shape index (κ2) is 7.13. The molecule has 0 radical (unpaired) electrons. The van der Waals surface area contributed by atoms with E-state index in [-0.39, 0.29) is 11.8 Å². The molecule has 1 fully saturated rings. The first-order valence-electron chi connectivity index (χ1n) is 8.35. The Morgan fingerprint density at radius 1 is 0.923 bits per heavy atom. The summed E-state index contributed by atoms with van der Waals surface area (Å²) >= 11 is 1.46. The first-order valence-corrected chi connectivity index (χ1v) is 9.23. The number of carbonyl (C=O) groups is 2. The number of nitrogens with zero attached hydrogens (tertiary/aromatic N) is 3. The molecule has 7 heteroatoms. The minimum Gasteiger partial charge on any atom is -0.459 e. The zero-order chi connectivity index (χ0) is 17.9. The predicted octanol–water partition coefficient (Wildman–Crippen LogP) is 3.00. The van der Waals surface area contributed by atoms with Gasteiger partial charge in [0.1, 0.15) is 5.69 Å². The summed E-state index contributed by atoms with van der Waals surface area (Å²) in [6.45, 7) is 1.93. The lowest BCUT2D eigenvalue weighted by atomic mass is 10.1. The van der Waals surface area contributed by atoms with Crippen LogP contribution in [0.15, 0.2) is 58.7 Å². The Balaban J connectivity index is 1.45. The van der Waals surface area contributed by atoms with Crippen molar-refractivity contribution < 1.29 is 14.0 Å². The van der Waals surface area contributed by atoms with Crippen LogP contribution in [0.1, 0.15) is 21.0 Å². The average Bonchev–Trinajstić information content (AvgIpc) is 3.39. The molecule has 132 valence electrons. The first kappa shape index (κ1) is 16.5. The van der Waals surface area contributed by atoms with Crippen LogP contribution in [-0.4, -0.2) is 52.8 Å². The Morgan fingerprint density at radius 2 is 1.62 bits per heavy atom. The summed E-state index contributed by atoms with van der Waals surface area (Å²) in [5, 5.41) is 0. The van der Waals surface area contributed by atoms with Crippen molar-refractivity contribution in [3.63, 3.8) is 0 Å². The van der Waals surface area contributed by atoms with Gasteiger partial charge in [-0.1, -0.05) is 30.3 Å². The maximum Gasteiger partial charge on any atom is 0.289 e. The smallest absolute Gasteiger partial charge is 0.289 e. The normalized spacial score (nSPS) is 14.5. The van der Waals surface area contributed by atoms with Gasteiger partial charge in [-0.2, -0.15) is 0 Å². The number of hydrogen-bond donors (Lipinski definition) is 0. The van der Waals surface area contributed by atoms with Crippen molar-refractivity contribution >= 4 is 23.2 Å². The van der Waals surface area contributed by atoms with Crippen LogP contribution in [0.5, 0.6) is 0 Å². The number of rotatable bonds is 3. The van der Waals surface area contributed by atoms with Gasteiger partial charge in [0.05, 0.1) is 16.7 Å². The zero-order valence-corrected chi connectivity index (χ0v) is 14.8. The molecule has 2 aromatic heterocycles. The van der Waals surface area contributed by atoms with Crippen LogP contribution in [-0.2, 0) is 0 Å². The Morgan fingerprint density at radius 3 is 2.27 bits per heavy atom. The average molecular weight is 367 g/mol. The molecule has 6 nitrogen and oxygen atoms in total. The molecule has 0 N–H and O–H groups in total. The number of furan rings is 1. The van der Waals surface area contributed by atoms with Gasteiger partial charge in [-0.15, -0.1) is 11.3 Å². The number of carbonyl (C=O) groups excluding carboxylic acids is 2. The highest BCUT2D eigenvalue weighted by Gasteiger charge is 2.28. The molecule has 0 atom stereocenters. The van der Waals surface area contributed by atoms with Crippen molar-refractivity contribution in [1.29, 1.82) is 0 Å². The van der Waals surface area contributed by atoms with E-state index in [0.717, 1.165) is 10.4 Å². The lowest BCUT2D eigenvalue weighted by Crippen LogP contribution is -2.50. The van der Waals surface area contributed by atoms with E-state index >= 15 is 0 Å². The summed E-state index contributed by atoms with van der Waals surface area (Å²) < 4.78 is 5.17. The van der Waals surface area contributed by atoms with Crippen LogP contribution in [0.3, 0.4) is 0 Å². The van der Waals surface area contributed by atoms with E-state index in [1.807, 2.05) is 30.3 Å². The largest absolute Gasteiger partial charge is 0.459 e. The number of aromatic nitrogens is 1. The standard InChI is InChI=1S/C19H17N3O3S/c23-18(15-7-4-12-25-15)21-8-10-22(11-9-21)19(24)16-17(26-13-20-16)14-5-2-1-3-6-14/h1-7,12-13H,8-11H2. The Bertz CT molecular complexity index is 897. The summed E-state index contributed by atoms with van der Waals surface area (Å²) in [5.74, 6) is 0.103. The minimum atomic E-state index is -0.138. The first-order chi connectivity index (χ1) is 12.7. The van der Waals surface area contributed by atoms with Gasteiger partial charge in [0.2, 0.25) is 0 Å². The Labute approximate surface area is 154 Å². The van der Waals surface area contributed by atoms with Crippen LogP contribution in [0, 0.1) is 0 Å². The monoisotopic (exact) mass is 367 g/mol. The van der Waals surface area contributed by atoms with Gasteiger partial charge >= 0.3 is 0 Å². The summed E-state index contributed by atoms with van der Waals surface area (Å²) in [6.07, 6.45) is 1.49. The van der Waals surface area contributed by atoms with Crippen molar-refractivity contribution in [1.82, 2.24) is 14.8 Å². The molecule has 1 aliphatic heterocycles. The van der Waals surface area contributed by atoms with Gasteiger partial charge in [-0.3, -0.25) is 9.59 Å². The van der Waals surface area contributed by atoms with E-state index in [1.165, 1.54) is 17.6 Å². The third kappa shape index (κ3) is 3.13. The molecule has 0 aliphatic carbocycles. The summed E-state index contributed by atoms with van der Waals surface area (Å²) in [4.78, 5) is 33.9. The third-order valence-electron chi connectivity index (χ3n) is 4.39. The summed E-state index contributed by atoms with van der Waals surface area (Å²) in [7, 11) is 0. The molecule has 0 saturated carbocycles. The maximum absolute atomic E-state index is 12.9. The highest BCUT2D eigenvalue weighted by Crippen LogP contribution is 2.28. The quantitative estimate of drug-likeness (QED) is 0.714. The van der Waals surface area contributed by atoms with Crippen LogP contribution in [0.25, 0.3) is 10.4 Å². The van der Waals surface area contributed by atoms with Gasteiger partial charge in [0.25, 0.3) is 11.8 Å². The predicted molar refractivity (Wildman–Crippen MR) is 98.1 cm³/mol. The van der Waals surface area contributed by atoms with Crippen molar-refractivity contribution in [3.05, 3.63) is 65.7 Å². The SMILES string of the molecule is O=C(c1ccco1)N1CCN(C(=O)c2ncsc2-c2ccccc2)CC1. The van der Waals surface area contributed by atoms with Crippen molar-refractivity contribution in [2.24, 2.45) is 0 Å². The van der Waals surface area contributed by atoms with E-state index < -0.39 is 0 Å². The van der Waals surface area contributed by atoms with Gasteiger partial charge in [0, 0.05) is 26.2 Å².